The molecule has 1 saturated heterocycles. The van der Waals surface area contributed by atoms with Crippen LogP contribution in [0.25, 0.3) is 0 Å². The summed E-state index contributed by atoms with van der Waals surface area (Å²) < 4.78 is 5.55. The molecule has 2 heterocycles. The van der Waals surface area contributed by atoms with Crippen molar-refractivity contribution in [3.05, 3.63) is 51.3 Å². The van der Waals surface area contributed by atoms with Crippen LogP contribution in [0.3, 0.4) is 0 Å². The van der Waals surface area contributed by atoms with Gasteiger partial charge in [0, 0.05) is 25.3 Å². The fraction of sp³-hybridized carbons (Fsp3) is 0.412. The SMILES string of the molecule is CC(=O)C1=C(O)C(=O)N(C[C@@H]2CCCO2)[C@@H]1c1cccc([N+](=O)[O-])c1. The van der Waals surface area contributed by atoms with Crippen LogP contribution in [0.5, 0.6) is 0 Å². The van der Waals surface area contributed by atoms with E-state index in [0.29, 0.717) is 12.2 Å². The predicted molar refractivity (Wildman–Crippen MR) is 86.9 cm³/mol. The molecule has 3 rings (SSSR count). The van der Waals surface area contributed by atoms with Gasteiger partial charge >= 0.3 is 0 Å². The number of hydrogen-bond acceptors (Lipinski definition) is 6. The number of nitrogens with zero attached hydrogens (tertiary/aromatic N) is 2. The van der Waals surface area contributed by atoms with E-state index in [9.17, 15) is 24.8 Å². The molecule has 1 amide bonds. The van der Waals surface area contributed by atoms with E-state index in [1.54, 1.807) is 6.07 Å². The van der Waals surface area contributed by atoms with E-state index in [4.69, 9.17) is 4.74 Å². The van der Waals surface area contributed by atoms with Crippen LogP contribution in [0.4, 0.5) is 5.69 Å². The molecule has 1 N–H and O–H groups in total. The van der Waals surface area contributed by atoms with Crippen molar-refractivity contribution in [3.8, 4) is 0 Å². The van der Waals surface area contributed by atoms with Gasteiger partial charge in [0.1, 0.15) is 0 Å². The maximum Gasteiger partial charge on any atom is 0.290 e. The molecular weight excluding hydrogens is 328 g/mol. The number of Topliss-reactive ketones (excluding diaryl/α,β-unsaturated/α-hetero) is 1. The van der Waals surface area contributed by atoms with Crippen molar-refractivity contribution in [1.29, 1.82) is 0 Å². The Kier molecular flexibility index (Phi) is 4.54. The van der Waals surface area contributed by atoms with E-state index in [0.717, 1.165) is 12.8 Å². The summed E-state index contributed by atoms with van der Waals surface area (Å²) in [5, 5.41) is 21.2. The highest BCUT2D eigenvalue weighted by Gasteiger charge is 2.43. The second-order valence-corrected chi connectivity index (χ2v) is 6.17. The van der Waals surface area contributed by atoms with E-state index in [-0.39, 0.29) is 23.9 Å². The Balaban J connectivity index is 2.02. The molecule has 1 aromatic rings. The van der Waals surface area contributed by atoms with E-state index >= 15 is 0 Å². The maximum absolute atomic E-state index is 12.5. The third kappa shape index (κ3) is 3.12. The molecule has 8 heteroatoms. The van der Waals surface area contributed by atoms with E-state index in [2.05, 4.69) is 0 Å². The molecule has 8 nitrogen and oxygen atoms in total. The third-order valence-electron chi connectivity index (χ3n) is 4.50. The van der Waals surface area contributed by atoms with Gasteiger partial charge < -0.3 is 14.7 Å². The second kappa shape index (κ2) is 6.64. The molecule has 2 aliphatic rings. The number of rotatable bonds is 5. The molecule has 1 fully saturated rings. The fourth-order valence-electron chi connectivity index (χ4n) is 3.36. The zero-order valence-corrected chi connectivity index (χ0v) is 13.7. The van der Waals surface area contributed by atoms with E-state index in [1.807, 2.05) is 0 Å². The standard InChI is InChI=1S/C17H18N2O6/c1-10(20)14-15(11-4-2-5-12(8-11)19(23)24)18(17(22)16(14)21)9-13-6-3-7-25-13/h2,4-5,8,13,15,21H,3,6-7,9H2,1H3/t13-,15+/m0/s1. The molecule has 0 radical (unpaired) electrons. The molecule has 0 aliphatic carbocycles. The van der Waals surface area contributed by atoms with Crippen molar-refractivity contribution >= 4 is 17.4 Å². The monoisotopic (exact) mass is 346 g/mol. The Hall–Kier alpha value is -2.74. The summed E-state index contributed by atoms with van der Waals surface area (Å²) in [5.74, 6) is -1.70. The van der Waals surface area contributed by atoms with Crippen molar-refractivity contribution in [3.63, 3.8) is 0 Å². The highest BCUT2D eigenvalue weighted by Crippen LogP contribution is 2.39. The molecule has 2 atom stereocenters. The molecule has 1 aromatic carbocycles. The van der Waals surface area contributed by atoms with Gasteiger partial charge in [0.2, 0.25) is 0 Å². The van der Waals surface area contributed by atoms with Crippen LogP contribution in [-0.4, -0.2) is 45.9 Å². The first-order valence-electron chi connectivity index (χ1n) is 8.01. The summed E-state index contributed by atoms with van der Waals surface area (Å²) in [6.07, 6.45) is 1.48. The number of carbonyl (C=O) groups excluding carboxylic acids is 2. The van der Waals surface area contributed by atoms with Crippen LogP contribution in [0.2, 0.25) is 0 Å². The van der Waals surface area contributed by atoms with Gasteiger partial charge in [0.05, 0.1) is 22.6 Å². The lowest BCUT2D eigenvalue weighted by Gasteiger charge is -2.28. The number of hydrogen-bond donors (Lipinski definition) is 1. The first-order chi connectivity index (χ1) is 11.9. The number of benzene rings is 1. The molecule has 0 unspecified atom stereocenters. The minimum Gasteiger partial charge on any atom is -0.503 e. The normalized spacial score (nSPS) is 23.4. The van der Waals surface area contributed by atoms with Gasteiger partial charge in [-0.25, -0.2) is 0 Å². The molecule has 25 heavy (non-hydrogen) atoms. The van der Waals surface area contributed by atoms with Crippen LogP contribution in [-0.2, 0) is 14.3 Å². The zero-order chi connectivity index (χ0) is 18.1. The van der Waals surface area contributed by atoms with Crippen LogP contribution in [0.15, 0.2) is 35.6 Å². The fourth-order valence-corrected chi connectivity index (χ4v) is 3.36. The third-order valence-corrected chi connectivity index (χ3v) is 4.50. The number of nitro benzene ring substituents is 1. The van der Waals surface area contributed by atoms with Gasteiger partial charge in [0.15, 0.2) is 11.5 Å². The Bertz CT molecular complexity index is 766. The van der Waals surface area contributed by atoms with Crippen molar-refractivity contribution in [1.82, 2.24) is 4.90 Å². The Morgan fingerprint density at radius 3 is 2.84 bits per heavy atom. The minimum absolute atomic E-state index is 0.0384. The number of amides is 1. The van der Waals surface area contributed by atoms with Crippen LogP contribution in [0.1, 0.15) is 31.4 Å². The van der Waals surface area contributed by atoms with Gasteiger partial charge in [-0.15, -0.1) is 0 Å². The quantitative estimate of drug-likeness (QED) is 0.645. The topological polar surface area (TPSA) is 110 Å². The lowest BCUT2D eigenvalue weighted by Crippen LogP contribution is -2.37. The maximum atomic E-state index is 12.5. The van der Waals surface area contributed by atoms with E-state index in [1.165, 1.54) is 30.0 Å². The summed E-state index contributed by atoms with van der Waals surface area (Å²) >= 11 is 0. The van der Waals surface area contributed by atoms with Crippen molar-refractivity contribution in [2.75, 3.05) is 13.2 Å². The molecule has 0 spiro atoms. The van der Waals surface area contributed by atoms with Crippen molar-refractivity contribution < 1.29 is 24.4 Å². The van der Waals surface area contributed by atoms with Crippen LogP contribution < -0.4 is 0 Å². The van der Waals surface area contributed by atoms with Crippen molar-refractivity contribution in [2.45, 2.75) is 31.9 Å². The van der Waals surface area contributed by atoms with Crippen molar-refractivity contribution in [2.24, 2.45) is 0 Å². The van der Waals surface area contributed by atoms with Gasteiger partial charge in [-0.05, 0) is 25.3 Å². The Labute approximate surface area is 143 Å². The van der Waals surface area contributed by atoms with Gasteiger partial charge in [-0.2, -0.15) is 0 Å². The van der Waals surface area contributed by atoms with E-state index < -0.39 is 28.4 Å². The zero-order valence-electron chi connectivity index (χ0n) is 13.7. The summed E-state index contributed by atoms with van der Waals surface area (Å²) in [4.78, 5) is 36.4. The molecule has 0 saturated carbocycles. The highest BCUT2D eigenvalue weighted by molar-refractivity contribution is 6.08. The van der Waals surface area contributed by atoms with Crippen LogP contribution in [0, 0.1) is 10.1 Å². The average molecular weight is 346 g/mol. The van der Waals surface area contributed by atoms with Gasteiger partial charge in [-0.3, -0.25) is 19.7 Å². The Morgan fingerprint density at radius 2 is 2.24 bits per heavy atom. The summed E-state index contributed by atoms with van der Waals surface area (Å²) in [5.41, 5.74) is 0.231. The number of aliphatic hydroxyl groups is 1. The predicted octanol–water partition coefficient (Wildman–Crippen LogP) is 2.06. The molecule has 2 aliphatic heterocycles. The average Bonchev–Trinajstić information content (AvgIpc) is 3.17. The van der Waals surface area contributed by atoms with Gasteiger partial charge in [-0.1, -0.05) is 12.1 Å². The number of ether oxygens (including phenoxy) is 1. The first kappa shape index (κ1) is 17.1. The number of non-ortho nitro benzene ring substituents is 1. The molecule has 0 bridgehead atoms. The van der Waals surface area contributed by atoms with Crippen LogP contribution >= 0.6 is 0 Å². The smallest absolute Gasteiger partial charge is 0.290 e. The lowest BCUT2D eigenvalue weighted by atomic mass is 9.96. The summed E-state index contributed by atoms with van der Waals surface area (Å²) in [7, 11) is 0. The molecule has 0 aromatic heterocycles. The largest absolute Gasteiger partial charge is 0.503 e. The Morgan fingerprint density at radius 1 is 1.48 bits per heavy atom. The summed E-state index contributed by atoms with van der Waals surface area (Å²) in [6, 6.07) is 4.91. The minimum atomic E-state index is -0.853. The molecular formula is C17H18N2O6. The highest BCUT2D eigenvalue weighted by atomic mass is 16.6. The lowest BCUT2D eigenvalue weighted by molar-refractivity contribution is -0.384. The number of carbonyl (C=O) groups is 2. The molecule has 132 valence electrons. The summed E-state index contributed by atoms with van der Waals surface area (Å²) in [6.45, 7) is 2.08. The first-order valence-corrected chi connectivity index (χ1v) is 8.01. The number of nitro groups is 1. The number of aliphatic hydroxyl groups excluding tert-OH is 1. The number of ketones is 1. The second-order valence-electron chi connectivity index (χ2n) is 6.17. The van der Waals surface area contributed by atoms with Gasteiger partial charge in [0.25, 0.3) is 11.6 Å².